The van der Waals surface area contributed by atoms with Crippen LogP contribution in [0.25, 0.3) is 10.9 Å². The summed E-state index contributed by atoms with van der Waals surface area (Å²) >= 11 is 7.83. The molecular weight excluding hydrogens is 568 g/mol. The molecule has 4 aromatic rings. The molecule has 0 bridgehead atoms. The maximum Gasteiger partial charge on any atom is 0.327 e. The van der Waals surface area contributed by atoms with Crippen LogP contribution in [0, 0.1) is 0 Å². The standard InChI is InChI=1S/C21H18ClN5O2.C7H9NO3S/c1-28-20-10-18-15(9-17(20)23)21(26-12-25-18)27-13-5-6-19(16(22)8-13)29-11-14-4-2-3-7-24-14;1-2-6(9)8-4-12-3-5(8)7(10)11/h2-10,12H,11,23H2,1H3,(H,25,26,27);2,5H,1,3-4H2,(H,10,11)/t;5-/m.0/s1. The Kier molecular flexibility index (Phi) is 9.82. The molecular formula is C28H27ClN6O5S. The van der Waals surface area contributed by atoms with E-state index >= 15 is 0 Å². The van der Waals surface area contributed by atoms with Gasteiger partial charge >= 0.3 is 5.97 Å². The van der Waals surface area contributed by atoms with Gasteiger partial charge in [0.2, 0.25) is 5.91 Å². The van der Waals surface area contributed by atoms with E-state index in [2.05, 4.69) is 26.8 Å². The Morgan fingerprint density at radius 2 is 2.05 bits per heavy atom. The second kappa shape index (κ2) is 13.7. The summed E-state index contributed by atoms with van der Waals surface area (Å²) in [6, 6.07) is 14.0. The van der Waals surface area contributed by atoms with Gasteiger partial charge in [-0.05, 0) is 42.5 Å². The minimum atomic E-state index is -0.949. The highest BCUT2D eigenvalue weighted by molar-refractivity contribution is 7.99. The summed E-state index contributed by atoms with van der Waals surface area (Å²) in [7, 11) is 1.57. The predicted molar refractivity (Wildman–Crippen MR) is 160 cm³/mol. The first-order chi connectivity index (χ1) is 19.8. The van der Waals surface area contributed by atoms with Gasteiger partial charge in [0.1, 0.15) is 36.3 Å². The molecule has 3 heterocycles. The van der Waals surface area contributed by atoms with E-state index in [9.17, 15) is 9.59 Å². The Morgan fingerprint density at radius 1 is 1.22 bits per heavy atom. The average molecular weight is 595 g/mol. The largest absolute Gasteiger partial charge is 0.495 e. The van der Waals surface area contributed by atoms with Crippen LogP contribution in [-0.4, -0.2) is 61.6 Å². The predicted octanol–water partition coefficient (Wildman–Crippen LogP) is 4.75. The number of methoxy groups -OCH3 is 1. The zero-order valence-corrected chi connectivity index (χ0v) is 23.6. The van der Waals surface area contributed by atoms with E-state index in [0.717, 1.165) is 28.4 Å². The Morgan fingerprint density at radius 3 is 2.73 bits per heavy atom. The van der Waals surface area contributed by atoms with Crippen molar-refractivity contribution >= 4 is 63.3 Å². The highest BCUT2D eigenvalue weighted by Crippen LogP contribution is 2.33. The smallest absolute Gasteiger partial charge is 0.327 e. The van der Waals surface area contributed by atoms with Crippen LogP contribution >= 0.6 is 23.4 Å². The molecule has 2 aromatic heterocycles. The maximum atomic E-state index is 11.1. The number of ether oxygens (including phenoxy) is 2. The SMILES string of the molecule is C=CC(=O)N1CSC[C@H]1C(=O)O.COc1cc2ncnc(Nc3ccc(OCc4ccccn4)c(Cl)c3)c2cc1N. The van der Waals surface area contributed by atoms with Gasteiger partial charge in [-0.3, -0.25) is 9.78 Å². The van der Waals surface area contributed by atoms with E-state index in [1.54, 1.807) is 37.6 Å². The molecule has 1 fully saturated rings. The number of rotatable bonds is 8. The molecule has 0 spiro atoms. The molecule has 13 heteroatoms. The van der Waals surface area contributed by atoms with Gasteiger partial charge in [0.05, 0.1) is 34.9 Å². The molecule has 5 rings (SSSR count). The van der Waals surface area contributed by atoms with Gasteiger partial charge in [0.25, 0.3) is 0 Å². The number of carboxylic acids is 1. The topological polar surface area (TPSA) is 153 Å². The lowest BCUT2D eigenvalue weighted by Crippen LogP contribution is -2.40. The van der Waals surface area contributed by atoms with Crippen LogP contribution in [0.5, 0.6) is 11.5 Å². The molecule has 2 aromatic carbocycles. The van der Waals surface area contributed by atoms with Crippen molar-refractivity contribution in [2.75, 3.05) is 29.8 Å². The molecule has 4 N–H and O–H groups in total. The fraction of sp³-hybridized carbons (Fsp3) is 0.179. The van der Waals surface area contributed by atoms with E-state index in [1.807, 2.05) is 24.3 Å². The minimum Gasteiger partial charge on any atom is -0.495 e. The number of aliphatic carboxylic acids is 1. The summed E-state index contributed by atoms with van der Waals surface area (Å²) in [6.45, 7) is 3.64. The van der Waals surface area contributed by atoms with Crippen molar-refractivity contribution in [3.8, 4) is 11.5 Å². The summed E-state index contributed by atoms with van der Waals surface area (Å²) in [5, 5.41) is 13.2. The van der Waals surface area contributed by atoms with Crippen molar-refractivity contribution in [1.82, 2.24) is 19.9 Å². The number of halogens is 1. The first kappa shape index (κ1) is 29.4. The third-order valence-corrected chi connectivity index (χ3v) is 7.22. The quantitative estimate of drug-likeness (QED) is 0.191. The van der Waals surface area contributed by atoms with E-state index in [-0.39, 0.29) is 5.91 Å². The normalized spacial score (nSPS) is 14.1. The monoisotopic (exact) mass is 594 g/mol. The number of carbonyl (C=O) groups is 2. The van der Waals surface area contributed by atoms with Crippen LogP contribution in [0.15, 0.2) is 73.7 Å². The molecule has 1 aliphatic rings. The number of hydrogen-bond acceptors (Lipinski definition) is 10. The number of nitrogen functional groups attached to an aromatic ring is 1. The van der Waals surface area contributed by atoms with Crippen molar-refractivity contribution in [2.24, 2.45) is 0 Å². The Hall–Kier alpha value is -4.55. The van der Waals surface area contributed by atoms with E-state index in [1.165, 1.54) is 23.0 Å². The highest BCUT2D eigenvalue weighted by Gasteiger charge is 2.33. The van der Waals surface area contributed by atoms with Crippen LogP contribution in [0.2, 0.25) is 5.02 Å². The maximum absolute atomic E-state index is 11.1. The third kappa shape index (κ3) is 7.35. The first-order valence-corrected chi connectivity index (χ1v) is 13.7. The molecule has 0 unspecified atom stereocenters. The number of pyridine rings is 1. The number of fused-ring (bicyclic) bond motifs is 1. The number of hydrogen-bond donors (Lipinski definition) is 3. The lowest BCUT2D eigenvalue weighted by atomic mass is 10.2. The number of aromatic nitrogens is 3. The number of thioether (sulfide) groups is 1. The highest BCUT2D eigenvalue weighted by atomic mass is 35.5. The molecule has 0 saturated carbocycles. The molecule has 11 nitrogen and oxygen atoms in total. The minimum absolute atomic E-state index is 0.313. The summed E-state index contributed by atoms with van der Waals surface area (Å²) in [5.41, 5.74) is 8.84. The Balaban J connectivity index is 0.000000271. The van der Waals surface area contributed by atoms with Gasteiger partial charge in [-0.2, -0.15) is 0 Å². The zero-order valence-electron chi connectivity index (χ0n) is 22.0. The number of anilines is 3. The molecule has 1 saturated heterocycles. The Bertz CT molecular complexity index is 1560. The lowest BCUT2D eigenvalue weighted by Gasteiger charge is -2.17. The molecule has 1 atom stereocenters. The number of amides is 1. The number of nitrogens with zero attached hydrogens (tertiary/aromatic N) is 4. The number of nitrogens with two attached hydrogens (primary N) is 1. The molecule has 1 aliphatic heterocycles. The number of benzene rings is 2. The van der Waals surface area contributed by atoms with Gasteiger partial charge < -0.3 is 30.5 Å². The number of carboxylic acid groups (broad SMARTS) is 1. The second-order valence-corrected chi connectivity index (χ2v) is 9.99. The van der Waals surface area contributed by atoms with Crippen LogP contribution < -0.4 is 20.5 Å². The van der Waals surface area contributed by atoms with Crippen LogP contribution in [0.1, 0.15) is 5.69 Å². The van der Waals surface area contributed by atoms with E-state index in [0.29, 0.717) is 46.3 Å². The molecule has 0 radical (unpaired) electrons. The van der Waals surface area contributed by atoms with Crippen molar-refractivity contribution in [3.63, 3.8) is 0 Å². The first-order valence-electron chi connectivity index (χ1n) is 12.2. The number of carbonyl (C=O) groups excluding carboxylic acids is 1. The third-order valence-electron chi connectivity index (χ3n) is 5.91. The fourth-order valence-corrected chi connectivity index (χ4v) is 5.22. The van der Waals surface area contributed by atoms with E-state index in [4.69, 9.17) is 31.9 Å². The van der Waals surface area contributed by atoms with Gasteiger partial charge in [-0.25, -0.2) is 14.8 Å². The van der Waals surface area contributed by atoms with Gasteiger partial charge in [0.15, 0.2) is 0 Å². The average Bonchev–Trinajstić information content (AvgIpc) is 3.48. The Labute approximate surface area is 245 Å². The summed E-state index contributed by atoms with van der Waals surface area (Å²) in [6.07, 6.45) is 4.34. The van der Waals surface area contributed by atoms with Crippen LogP contribution in [-0.2, 0) is 16.2 Å². The molecule has 1 amide bonds. The van der Waals surface area contributed by atoms with Gasteiger partial charge in [-0.15, -0.1) is 11.8 Å². The van der Waals surface area contributed by atoms with Crippen molar-refractivity contribution < 1.29 is 24.2 Å². The second-order valence-electron chi connectivity index (χ2n) is 8.58. The lowest BCUT2D eigenvalue weighted by molar-refractivity contribution is -0.146. The van der Waals surface area contributed by atoms with Crippen LogP contribution in [0.4, 0.5) is 17.2 Å². The molecule has 212 valence electrons. The van der Waals surface area contributed by atoms with Crippen molar-refractivity contribution in [1.29, 1.82) is 0 Å². The fourth-order valence-electron chi connectivity index (χ4n) is 3.83. The van der Waals surface area contributed by atoms with Crippen molar-refractivity contribution in [3.05, 3.63) is 84.4 Å². The van der Waals surface area contributed by atoms with Gasteiger partial charge in [-0.1, -0.05) is 24.2 Å². The molecule has 0 aliphatic carbocycles. The molecule has 41 heavy (non-hydrogen) atoms. The summed E-state index contributed by atoms with van der Waals surface area (Å²) < 4.78 is 11.0. The van der Waals surface area contributed by atoms with Gasteiger partial charge in [0, 0.05) is 29.1 Å². The van der Waals surface area contributed by atoms with Crippen molar-refractivity contribution in [2.45, 2.75) is 12.6 Å². The number of nitrogens with one attached hydrogen (secondary N) is 1. The summed E-state index contributed by atoms with van der Waals surface area (Å²) in [5.74, 6) is 1.41. The van der Waals surface area contributed by atoms with Crippen LogP contribution in [0.3, 0.4) is 0 Å². The zero-order chi connectivity index (χ0) is 29.4. The van der Waals surface area contributed by atoms with E-state index < -0.39 is 12.0 Å². The summed E-state index contributed by atoms with van der Waals surface area (Å²) in [4.78, 5) is 35.8.